The van der Waals surface area contributed by atoms with E-state index < -0.39 is 10.5 Å². The number of hydrogen-bond donors (Lipinski definition) is 1. The number of nitro groups is 1. The van der Waals surface area contributed by atoms with Crippen LogP contribution >= 0.6 is 15.9 Å². The number of nitriles is 1. The van der Waals surface area contributed by atoms with Crippen molar-refractivity contribution < 1.29 is 9.66 Å². The molecule has 0 aromatic heterocycles. The van der Waals surface area contributed by atoms with Crippen molar-refractivity contribution in [3.05, 3.63) is 32.8 Å². The lowest BCUT2D eigenvalue weighted by Crippen LogP contribution is -2.43. The first-order valence-electron chi connectivity index (χ1n) is 6.69. The van der Waals surface area contributed by atoms with Crippen LogP contribution in [0.1, 0.15) is 26.2 Å². The van der Waals surface area contributed by atoms with Crippen molar-refractivity contribution in [1.82, 2.24) is 5.32 Å². The van der Waals surface area contributed by atoms with E-state index in [9.17, 15) is 15.4 Å². The Hall–Kier alpha value is -1.65. The minimum atomic E-state index is -0.631. The van der Waals surface area contributed by atoms with Crippen LogP contribution in [0, 0.1) is 21.4 Å². The number of nitrogens with one attached hydrogen (secondary N) is 1. The zero-order chi connectivity index (χ0) is 15.5. The highest BCUT2D eigenvalue weighted by atomic mass is 79.9. The van der Waals surface area contributed by atoms with Crippen molar-refractivity contribution in [2.45, 2.75) is 37.8 Å². The summed E-state index contributed by atoms with van der Waals surface area (Å²) in [6.07, 6.45) is 2.72. The molecule has 1 aromatic rings. The number of nitrogens with zero attached hydrogens (tertiary/aromatic N) is 2. The highest BCUT2D eigenvalue weighted by Gasteiger charge is 2.32. The van der Waals surface area contributed by atoms with Gasteiger partial charge in [-0.1, -0.05) is 0 Å². The van der Waals surface area contributed by atoms with Crippen LogP contribution in [0.2, 0.25) is 0 Å². The van der Waals surface area contributed by atoms with E-state index in [4.69, 9.17) is 4.74 Å². The monoisotopic (exact) mass is 353 g/mol. The molecule has 0 spiro atoms. The summed E-state index contributed by atoms with van der Waals surface area (Å²) in [5.41, 5.74) is -0.652. The van der Waals surface area contributed by atoms with E-state index in [2.05, 4.69) is 27.3 Å². The molecule has 1 aliphatic carbocycles. The van der Waals surface area contributed by atoms with Crippen molar-refractivity contribution >= 4 is 21.6 Å². The van der Waals surface area contributed by atoms with Gasteiger partial charge < -0.3 is 4.74 Å². The lowest BCUT2D eigenvalue weighted by molar-refractivity contribution is -0.385. The maximum Gasteiger partial charge on any atom is 0.273 e. The fraction of sp³-hybridized carbons (Fsp3) is 0.500. The molecule has 1 N–H and O–H groups in total. The van der Waals surface area contributed by atoms with Crippen molar-refractivity contribution in [2.75, 3.05) is 6.61 Å². The number of ether oxygens (including phenoxy) is 1. The summed E-state index contributed by atoms with van der Waals surface area (Å²) >= 11 is 3.30. The molecule has 2 rings (SSSR count). The second-order valence-electron chi connectivity index (χ2n) is 5.33. The fourth-order valence-electron chi connectivity index (χ4n) is 1.92. The zero-order valence-electron chi connectivity index (χ0n) is 11.6. The number of rotatable bonds is 7. The summed E-state index contributed by atoms with van der Waals surface area (Å²) < 4.78 is 6.24. The van der Waals surface area contributed by atoms with Gasteiger partial charge in [0.15, 0.2) is 0 Å². The van der Waals surface area contributed by atoms with E-state index in [-0.39, 0.29) is 5.69 Å². The molecular weight excluding hydrogens is 338 g/mol. The lowest BCUT2D eigenvalue weighted by atomic mass is 10.0. The molecule has 112 valence electrons. The van der Waals surface area contributed by atoms with Crippen molar-refractivity contribution in [3.63, 3.8) is 0 Å². The van der Waals surface area contributed by atoms with Gasteiger partial charge in [-0.25, -0.2) is 0 Å². The van der Waals surface area contributed by atoms with Crippen molar-refractivity contribution in [2.24, 2.45) is 0 Å². The second kappa shape index (κ2) is 6.41. The van der Waals surface area contributed by atoms with Gasteiger partial charge in [0.05, 0.1) is 28.1 Å². The van der Waals surface area contributed by atoms with E-state index in [1.165, 1.54) is 12.1 Å². The summed E-state index contributed by atoms with van der Waals surface area (Å²) in [6, 6.07) is 7.07. The Kier molecular flexibility index (Phi) is 4.80. The third-order valence-corrected chi connectivity index (χ3v) is 3.99. The first-order chi connectivity index (χ1) is 9.93. The molecule has 1 aromatic carbocycles. The molecule has 1 atom stereocenters. The molecule has 1 unspecified atom stereocenters. The molecule has 21 heavy (non-hydrogen) atoms. The first kappa shape index (κ1) is 15.7. The minimum Gasteiger partial charge on any atom is -0.492 e. The van der Waals surface area contributed by atoms with Gasteiger partial charge in [-0.15, -0.1) is 0 Å². The molecule has 1 aliphatic rings. The number of non-ortho nitro benzene ring substituents is 1. The van der Waals surface area contributed by atoms with Crippen LogP contribution in [-0.2, 0) is 0 Å². The summed E-state index contributed by atoms with van der Waals surface area (Å²) in [7, 11) is 0. The Bertz CT molecular complexity index is 583. The minimum absolute atomic E-state index is 0.0210. The maximum absolute atomic E-state index is 10.8. The predicted octanol–water partition coefficient (Wildman–Crippen LogP) is 3.16. The number of halogens is 1. The molecule has 7 heteroatoms. The van der Waals surface area contributed by atoms with Gasteiger partial charge in [-0.2, -0.15) is 5.26 Å². The molecule has 1 saturated carbocycles. The fourth-order valence-corrected chi connectivity index (χ4v) is 2.28. The third-order valence-electron chi connectivity index (χ3n) is 3.33. The molecule has 0 aliphatic heterocycles. The summed E-state index contributed by atoms with van der Waals surface area (Å²) in [5.74, 6) is 0.413. The second-order valence-corrected chi connectivity index (χ2v) is 6.19. The lowest BCUT2D eigenvalue weighted by Gasteiger charge is -2.23. The predicted molar refractivity (Wildman–Crippen MR) is 81.1 cm³/mol. The third kappa shape index (κ3) is 4.41. The molecular formula is C14H16BrN3O3. The zero-order valence-corrected chi connectivity index (χ0v) is 13.2. The Morgan fingerprint density at radius 1 is 1.62 bits per heavy atom. The van der Waals surface area contributed by atoms with Crippen LogP contribution in [0.5, 0.6) is 5.75 Å². The summed E-state index contributed by atoms with van der Waals surface area (Å²) in [6.45, 7) is 2.15. The number of benzene rings is 1. The smallest absolute Gasteiger partial charge is 0.273 e. The Labute approximate surface area is 131 Å². The molecule has 0 heterocycles. The normalized spacial score (nSPS) is 16.8. The van der Waals surface area contributed by atoms with Gasteiger partial charge in [-0.05, 0) is 41.8 Å². The highest BCUT2D eigenvalue weighted by Crippen LogP contribution is 2.30. The van der Waals surface area contributed by atoms with Gasteiger partial charge in [0.25, 0.3) is 5.69 Å². The van der Waals surface area contributed by atoms with Crippen LogP contribution in [0.3, 0.4) is 0 Å². The summed E-state index contributed by atoms with van der Waals surface area (Å²) in [5, 5.41) is 23.3. The van der Waals surface area contributed by atoms with Crippen LogP contribution in [0.4, 0.5) is 5.69 Å². The van der Waals surface area contributed by atoms with Crippen molar-refractivity contribution in [3.8, 4) is 11.8 Å². The molecule has 0 radical (unpaired) electrons. The van der Waals surface area contributed by atoms with Crippen LogP contribution < -0.4 is 10.1 Å². The van der Waals surface area contributed by atoms with Crippen molar-refractivity contribution in [1.29, 1.82) is 5.26 Å². The molecule has 1 fully saturated rings. The summed E-state index contributed by atoms with van der Waals surface area (Å²) in [4.78, 5) is 10.3. The van der Waals surface area contributed by atoms with E-state index in [0.717, 1.165) is 12.8 Å². The number of nitro benzene ring substituents is 1. The van der Waals surface area contributed by atoms with Gasteiger partial charge >= 0.3 is 0 Å². The van der Waals surface area contributed by atoms with E-state index >= 15 is 0 Å². The Balaban J connectivity index is 1.94. The van der Waals surface area contributed by atoms with Crippen LogP contribution in [0.15, 0.2) is 22.7 Å². The number of hydrogen-bond acceptors (Lipinski definition) is 5. The Morgan fingerprint density at radius 2 is 2.33 bits per heavy atom. The van der Waals surface area contributed by atoms with Crippen LogP contribution in [0.25, 0.3) is 0 Å². The van der Waals surface area contributed by atoms with Gasteiger partial charge in [-0.3, -0.25) is 15.4 Å². The molecule has 0 amide bonds. The molecule has 0 bridgehead atoms. The van der Waals surface area contributed by atoms with Gasteiger partial charge in [0, 0.05) is 18.5 Å². The quantitative estimate of drug-likeness (QED) is 0.600. The van der Waals surface area contributed by atoms with E-state index in [1.807, 2.05) is 6.92 Å². The van der Waals surface area contributed by atoms with E-state index in [1.54, 1.807) is 6.07 Å². The highest BCUT2D eigenvalue weighted by molar-refractivity contribution is 9.10. The van der Waals surface area contributed by atoms with E-state index in [0.29, 0.717) is 29.3 Å². The topological polar surface area (TPSA) is 88.2 Å². The van der Waals surface area contributed by atoms with Crippen LogP contribution in [-0.4, -0.2) is 23.1 Å². The van der Waals surface area contributed by atoms with Gasteiger partial charge in [0.2, 0.25) is 0 Å². The Morgan fingerprint density at radius 3 is 2.90 bits per heavy atom. The SMILES string of the molecule is CC(C#N)(CCOc1cc([N+](=O)[O-])ccc1Br)NC1CC1. The standard InChI is InChI=1S/C14H16BrN3O3/c1-14(9-16,17-10-2-3-10)6-7-21-13-8-11(18(19)20)4-5-12(13)15/h4-5,8,10,17H,2-3,6-7H2,1H3. The first-order valence-corrected chi connectivity index (χ1v) is 7.48. The average Bonchev–Trinajstić information content (AvgIpc) is 3.24. The van der Waals surface area contributed by atoms with Gasteiger partial charge in [0.1, 0.15) is 11.3 Å². The largest absolute Gasteiger partial charge is 0.492 e. The molecule has 6 nitrogen and oxygen atoms in total. The maximum atomic E-state index is 10.8. The molecule has 0 saturated heterocycles. The average molecular weight is 354 g/mol.